The molecule has 2 aromatic carbocycles. The van der Waals surface area contributed by atoms with E-state index in [0.717, 1.165) is 55.7 Å². The van der Waals surface area contributed by atoms with Crippen LogP contribution in [-0.4, -0.2) is 76.5 Å². The van der Waals surface area contributed by atoms with Gasteiger partial charge >= 0.3 is 0 Å². The van der Waals surface area contributed by atoms with Gasteiger partial charge in [-0.3, -0.25) is 9.69 Å². The molecule has 3 aromatic rings. The van der Waals surface area contributed by atoms with Gasteiger partial charge in [0.05, 0.1) is 12.8 Å². The van der Waals surface area contributed by atoms with E-state index >= 15 is 0 Å². The average Bonchev–Trinajstić information content (AvgIpc) is 3.64. The van der Waals surface area contributed by atoms with E-state index in [2.05, 4.69) is 27.5 Å². The molecule has 4 heterocycles. The third kappa shape index (κ3) is 3.28. The lowest BCUT2D eigenvalue weighted by molar-refractivity contribution is 0.0793. The number of tetrazole rings is 1. The molecular formula is C24H26N6O4. The zero-order valence-corrected chi connectivity index (χ0v) is 19.2. The SMILES string of the molecule is COc1c2c(cc3c1[C@@H](c1nnnn1-c1ccc(C(=O)N4CCCC4)cc1)N(C)CC3)OCO2. The number of aromatic nitrogens is 4. The Morgan fingerprint density at radius 1 is 1.12 bits per heavy atom. The highest BCUT2D eigenvalue weighted by molar-refractivity contribution is 5.94. The summed E-state index contributed by atoms with van der Waals surface area (Å²) in [6.45, 7) is 2.66. The Balaban J connectivity index is 1.39. The molecule has 10 nitrogen and oxygen atoms in total. The molecule has 176 valence electrons. The lowest BCUT2D eigenvalue weighted by Gasteiger charge is -2.34. The summed E-state index contributed by atoms with van der Waals surface area (Å²) >= 11 is 0. The molecule has 6 rings (SSSR count). The molecule has 0 saturated carbocycles. The fraction of sp³-hybridized carbons (Fsp3) is 0.417. The first-order valence-electron chi connectivity index (χ1n) is 11.5. The predicted molar refractivity (Wildman–Crippen MR) is 122 cm³/mol. The molecule has 3 aliphatic heterocycles. The van der Waals surface area contributed by atoms with E-state index in [-0.39, 0.29) is 18.7 Å². The maximum absolute atomic E-state index is 12.7. The van der Waals surface area contributed by atoms with E-state index in [1.54, 1.807) is 11.8 Å². The van der Waals surface area contributed by atoms with Crippen LogP contribution in [0.1, 0.15) is 46.2 Å². The van der Waals surface area contributed by atoms with Gasteiger partial charge in [-0.25, -0.2) is 0 Å². The molecular weight excluding hydrogens is 436 g/mol. The first-order chi connectivity index (χ1) is 16.7. The molecule has 1 amide bonds. The Morgan fingerprint density at radius 2 is 1.91 bits per heavy atom. The number of carbonyl (C=O) groups excluding carboxylic acids is 1. The summed E-state index contributed by atoms with van der Waals surface area (Å²) in [4.78, 5) is 16.9. The number of likely N-dealkylation sites (tertiary alicyclic amines) is 1. The van der Waals surface area contributed by atoms with Crippen molar-refractivity contribution in [1.29, 1.82) is 0 Å². The Bertz CT molecular complexity index is 1240. The quantitative estimate of drug-likeness (QED) is 0.583. The summed E-state index contributed by atoms with van der Waals surface area (Å²) in [5.74, 6) is 2.71. The summed E-state index contributed by atoms with van der Waals surface area (Å²) in [7, 11) is 3.69. The van der Waals surface area contributed by atoms with Gasteiger partial charge in [0.2, 0.25) is 12.5 Å². The summed E-state index contributed by atoms with van der Waals surface area (Å²) in [5, 5.41) is 12.7. The zero-order valence-electron chi connectivity index (χ0n) is 19.2. The van der Waals surface area contributed by atoms with E-state index in [0.29, 0.717) is 28.6 Å². The Kier molecular flexibility index (Phi) is 5.09. The average molecular weight is 463 g/mol. The van der Waals surface area contributed by atoms with Crippen LogP contribution >= 0.6 is 0 Å². The van der Waals surface area contributed by atoms with Gasteiger partial charge in [0.25, 0.3) is 5.91 Å². The smallest absolute Gasteiger partial charge is 0.253 e. The Labute approximate surface area is 197 Å². The van der Waals surface area contributed by atoms with Crippen molar-refractivity contribution >= 4 is 5.91 Å². The lowest BCUT2D eigenvalue weighted by Crippen LogP contribution is -2.35. The summed E-state index contributed by atoms with van der Waals surface area (Å²) in [6, 6.07) is 9.27. The van der Waals surface area contributed by atoms with E-state index in [1.165, 1.54) is 0 Å². The number of rotatable bonds is 4. The Morgan fingerprint density at radius 3 is 2.68 bits per heavy atom. The minimum atomic E-state index is -0.242. The van der Waals surface area contributed by atoms with Crippen molar-refractivity contribution in [3.8, 4) is 22.9 Å². The summed E-state index contributed by atoms with van der Waals surface area (Å²) in [6.07, 6.45) is 2.99. The molecule has 0 N–H and O–H groups in total. The highest BCUT2D eigenvalue weighted by Crippen LogP contribution is 2.50. The molecule has 1 aromatic heterocycles. The van der Waals surface area contributed by atoms with Crippen LogP contribution in [0.4, 0.5) is 0 Å². The first-order valence-corrected chi connectivity index (χ1v) is 11.5. The second kappa shape index (κ2) is 8.28. The maximum atomic E-state index is 12.7. The standard InChI is InChI=1S/C24H26N6O4/c1-28-12-9-16-13-18-21(34-14-33-18)22(32-2)19(16)20(28)23-25-26-27-30(23)17-7-5-15(6-8-17)24(31)29-10-3-4-11-29/h5-8,13,20H,3-4,9-12,14H2,1-2H3/t20-/m0/s1. The highest BCUT2D eigenvalue weighted by Gasteiger charge is 2.37. The minimum Gasteiger partial charge on any atom is -0.492 e. The number of fused-ring (bicyclic) bond motifs is 2. The number of ether oxygens (including phenoxy) is 3. The zero-order chi connectivity index (χ0) is 23.2. The third-order valence-electron chi connectivity index (χ3n) is 6.89. The summed E-state index contributed by atoms with van der Waals surface area (Å²) < 4.78 is 18.9. The first kappa shape index (κ1) is 20.9. The monoisotopic (exact) mass is 462 g/mol. The predicted octanol–water partition coefficient (Wildman–Crippen LogP) is 2.21. The number of methoxy groups -OCH3 is 1. The maximum Gasteiger partial charge on any atom is 0.253 e. The van der Waals surface area contributed by atoms with Crippen LogP contribution in [-0.2, 0) is 6.42 Å². The number of likely N-dealkylation sites (N-methyl/N-ethyl adjacent to an activating group) is 1. The van der Waals surface area contributed by atoms with Gasteiger partial charge in [-0.15, -0.1) is 5.10 Å². The van der Waals surface area contributed by atoms with Crippen molar-refractivity contribution in [2.45, 2.75) is 25.3 Å². The van der Waals surface area contributed by atoms with Crippen molar-refractivity contribution in [3.05, 3.63) is 52.8 Å². The number of benzene rings is 2. The van der Waals surface area contributed by atoms with Gasteiger partial charge in [-0.1, -0.05) is 0 Å². The van der Waals surface area contributed by atoms with E-state index in [4.69, 9.17) is 14.2 Å². The fourth-order valence-corrected chi connectivity index (χ4v) is 5.16. The molecule has 0 bridgehead atoms. The van der Waals surface area contributed by atoms with E-state index in [1.807, 2.05) is 35.2 Å². The number of carbonyl (C=O) groups is 1. The van der Waals surface area contributed by atoms with Gasteiger partial charge in [-0.2, -0.15) is 4.68 Å². The van der Waals surface area contributed by atoms with Gasteiger partial charge in [0.15, 0.2) is 17.3 Å². The van der Waals surface area contributed by atoms with Gasteiger partial charge in [-0.05, 0) is 72.6 Å². The van der Waals surface area contributed by atoms with Crippen molar-refractivity contribution in [1.82, 2.24) is 30.0 Å². The molecule has 0 unspecified atom stereocenters. The molecule has 3 aliphatic rings. The number of amides is 1. The van der Waals surface area contributed by atoms with E-state index in [9.17, 15) is 4.79 Å². The fourth-order valence-electron chi connectivity index (χ4n) is 5.16. The van der Waals surface area contributed by atoms with Gasteiger partial charge < -0.3 is 19.1 Å². The van der Waals surface area contributed by atoms with Crippen LogP contribution in [0.3, 0.4) is 0 Å². The van der Waals surface area contributed by atoms with E-state index < -0.39 is 0 Å². The van der Waals surface area contributed by atoms with Crippen LogP contribution < -0.4 is 14.2 Å². The molecule has 1 saturated heterocycles. The second-order valence-corrected chi connectivity index (χ2v) is 8.84. The second-order valence-electron chi connectivity index (χ2n) is 8.84. The van der Waals surface area contributed by atoms with Crippen LogP contribution in [0, 0.1) is 0 Å². The molecule has 1 fully saturated rings. The van der Waals surface area contributed by atoms with Crippen LogP contribution in [0.25, 0.3) is 5.69 Å². The van der Waals surface area contributed by atoms with Crippen molar-refractivity contribution < 1.29 is 19.0 Å². The van der Waals surface area contributed by atoms with Crippen LogP contribution in [0.5, 0.6) is 17.2 Å². The lowest BCUT2D eigenvalue weighted by atomic mass is 9.90. The largest absolute Gasteiger partial charge is 0.492 e. The van der Waals surface area contributed by atoms with Gasteiger partial charge in [0, 0.05) is 30.8 Å². The molecule has 0 aliphatic carbocycles. The van der Waals surface area contributed by atoms with Crippen molar-refractivity contribution in [3.63, 3.8) is 0 Å². The normalized spacial score (nSPS) is 19.4. The highest BCUT2D eigenvalue weighted by atomic mass is 16.7. The number of hydrogen-bond donors (Lipinski definition) is 0. The number of nitrogens with zero attached hydrogens (tertiary/aromatic N) is 6. The van der Waals surface area contributed by atoms with Crippen molar-refractivity contribution in [2.24, 2.45) is 0 Å². The van der Waals surface area contributed by atoms with Crippen LogP contribution in [0.2, 0.25) is 0 Å². The topological polar surface area (TPSA) is 94.8 Å². The molecule has 10 heteroatoms. The number of hydrogen-bond acceptors (Lipinski definition) is 8. The third-order valence-corrected chi connectivity index (χ3v) is 6.89. The Hall–Kier alpha value is -3.66. The molecule has 0 spiro atoms. The molecule has 1 atom stereocenters. The van der Waals surface area contributed by atoms with Gasteiger partial charge in [0.1, 0.15) is 6.04 Å². The van der Waals surface area contributed by atoms with Crippen LogP contribution in [0.15, 0.2) is 30.3 Å². The minimum absolute atomic E-state index is 0.0720. The summed E-state index contributed by atoms with van der Waals surface area (Å²) in [5.41, 5.74) is 3.58. The van der Waals surface area contributed by atoms with Crippen molar-refractivity contribution in [2.75, 3.05) is 40.6 Å². The molecule has 0 radical (unpaired) electrons. The molecule has 34 heavy (non-hydrogen) atoms.